The number of hydrogen-bond acceptors (Lipinski definition) is 7. The third-order valence-corrected chi connectivity index (χ3v) is 5.20. The molecule has 30 heavy (non-hydrogen) atoms. The fraction of sp³-hybridized carbons (Fsp3) is 0.300. The molecule has 1 aliphatic rings. The standard InChI is InChI=1S/C20H20FN7O2/c1-12-9-27-10-13(7-15(21)18(27)23-12)17-24-19-16(30-2)8-14(11-28(19)20(29)25-17)26-5-3-22-4-6-26/h7-11,22H,3-6H2,1-2H3. The maximum atomic E-state index is 14.5. The second kappa shape index (κ2) is 7.06. The molecule has 5 heterocycles. The summed E-state index contributed by atoms with van der Waals surface area (Å²) in [6, 6.07) is 3.15. The topological polar surface area (TPSA) is 89.1 Å². The quantitative estimate of drug-likeness (QED) is 0.545. The Morgan fingerprint density at radius 2 is 1.87 bits per heavy atom. The van der Waals surface area contributed by atoms with Crippen molar-refractivity contribution in [3.8, 4) is 17.1 Å². The van der Waals surface area contributed by atoms with Crippen LogP contribution in [-0.2, 0) is 0 Å². The van der Waals surface area contributed by atoms with Gasteiger partial charge < -0.3 is 19.4 Å². The number of methoxy groups -OCH3 is 1. The molecule has 0 bridgehead atoms. The van der Waals surface area contributed by atoms with E-state index in [1.165, 1.54) is 17.6 Å². The summed E-state index contributed by atoms with van der Waals surface area (Å²) in [5, 5.41) is 3.30. The van der Waals surface area contributed by atoms with Crippen LogP contribution < -0.4 is 20.6 Å². The van der Waals surface area contributed by atoms with Crippen LogP contribution in [0, 0.1) is 12.7 Å². The molecule has 10 heteroatoms. The Hall–Kier alpha value is -3.53. The van der Waals surface area contributed by atoms with Gasteiger partial charge in [0.25, 0.3) is 0 Å². The van der Waals surface area contributed by atoms with E-state index < -0.39 is 11.5 Å². The second-order valence-corrected chi connectivity index (χ2v) is 7.22. The van der Waals surface area contributed by atoms with Gasteiger partial charge in [0.05, 0.1) is 18.5 Å². The molecule has 5 rings (SSSR count). The lowest BCUT2D eigenvalue weighted by molar-refractivity contribution is 0.416. The fourth-order valence-corrected chi connectivity index (χ4v) is 3.75. The Morgan fingerprint density at radius 1 is 1.07 bits per heavy atom. The number of fused-ring (bicyclic) bond motifs is 2. The predicted molar refractivity (Wildman–Crippen MR) is 110 cm³/mol. The molecule has 1 aliphatic heterocycles. The van der Waals surface area contributed by atoms with Crippen LogP contribution in [0.5, 0.6) is 5.75 Å². The lowest BCUT2D eigenvalue weighted by Gasteiger charge is -2.29. The molecule has 1 saturated heterocycles. The second-order valence-electron chi connectivity index (χ2n) is 7.22. The van der Waals surface area contributed by atoms with Crippen LogP contribution in [-0.4, -0.2) is 57.0 Å². The monoisotopic (exact) mass is 409 g/mol. The van der Waals surface area contributed by atoms with E-state index >= 15 is 0 Å². The highest BCUT2D eigenvalue weighted by atomic mass is 19.1. The van der Waals surface area contributed by atoms with Crippen LogP contribution in [0.15, 0.2) is 35.5 Å². The molecule has 4 aromatic rings. The average molecular weight is 409 g/mol. The molecular formula is C20H20FN7O2. The number of hydrogen-bond donors (Lipinski definition) is 1. The number of aryl methyl sites for hydroxylation is 1. The highest BCUT2D eigenvalue weighted by Gasteiger charge is 2.18. The molecule has 1 N–H and O–H groups in total. The molecule has 9 nitrogen and oxygen atoms in total. The average Bonchev–Trinajstić information content (AvgIpc) is 3.14. The number of imidazole rings is 1. The zero-order valence-electron chi connectivity index (χ0n) is 16.6. The lowest BCUT2D eigenvalue weighted by Crippen LogP contribution is -2.43. The summed E-state index contributed by atoms with van der Waals surface area (Å²) in [5.74, 6) is 0.0672. The summed E-state index contributed by atoms with van der Waals surface area (Å²) in [7, 11) is 1.53. The summed E-state index contributed by atoms with van der Waals surface area (Å²) >= 11 is 0. The smallest absolute Gasteiger partial charge is 0.355 e. The van der Waals surface area contributed by atoms with Crippen molar-refractivity contribution in [1.29, 1.82) is 0 Å². The summed E-state index contributed by atoms with van der Waals surface area (Å²) in [5.41, 5.74) is 1.96. The van der Waals surface area contributed by atoms with E-state index in [1.54, 1.807) is 29.9 Å². The number of nitrogens with zero attached hydrogens (tertiary/aromatic N) is 6. The molecular weight excluding hydrogens is 389 g/mol. The molecule has 154 valence electrons. The minimum atomic E-state index is -0.509. The zero-order chi connectivity index (χ0) is 20.8. The Kier molecular flexibility index (Phi) is 4.35. The van der Waals surface area contributed by atoms with Crippen molar-refractivity contribution in [2.45, 2.75) is 6.92 Å². The Balaban J connectivity index is 1.67. The van der Waals surface area contributed by atoms with Crippen molar-refractivity contribution in [1.82, 2.24) is 29.1 Å². The Morgan fingerprint density at radius 3 is 2.63 bits per heavy atom. The normalized spacial score (nSPS) is 14.6. The van der Waals surface area contributed by atoms with Gasteiger partial charge in [-0.25, -0.2) is 23.6 Å². The number of halogens is 1. The first kappa shape index (κ1) is 18.5. The largest absolute Gasteiger partial charge is 0.493 e. The molecule has 0 unspecified atom stereocenters. The molecule has 1 fully saturated rings. The molecule has 0 amide bonds. The minimum absolute atomic E-state index is 0.125. The number of ether oxygens (including phenoxy) is 1. The fourth-order valence-electron chi connectivity index (χ4n) is 3.75. The maximum absolute atomic E-state index is 14.5. The lowest BCUT2D eigenvalue weighted by atomic mass is 10.2. The van der Waals surface area contributed by atoms with Crippen molar-refractivity contribution < 1.29 is 9.13 Å². The third kappa shape index (κ3) is 3.05. The van der Waals surface area contributed by atoms with Gasteiger partial charge in [0.15, 0.2) is 28.7 Å². The van der Waals surface area contributed by atoms with E-state index in [0.717, 1.165) is 31.9 Å². The van der Waals surface area contributed by atoms with Crippen LogP contribution in [0.4, 0.5) is 10.1 Å². The van der Waals surface area contributed by atoms with Gasteiger partial charge in [0.1, 0.15) is 0 Å². The highest BCUT2D eigenvalue weighted by Crippen LogP contribution is 2.26. The van der Waals surface area contributed by atoms with Crippen LogP contribution in [0.1, 0.15) is 5.69 Å². The first-order chi connectivity index (χ1) is 14.5. The Bertz CT molecular complexity index is 1320. The first-order valence-corrected chi connectivity index (χ1v) is 9.63. The molecule has 0 aliphatic carbocycles. The van der Waals surface area contributed by atoms with E-state index in [-0.39, 0.29) is 11.5 Å². The number of rotatable bonds is 3. The van der Waals surface area contributed by atoms with Crippen molar-refractivity contribution in [2.24, 2.45) is 0 Å². The minimum Gasteiger partial charge on any atom is -0.493 e. The van der Waals surface area contributed by atoms with Crippen LogP contribution in [0.25, 0.3) is 22.7 Å². The molecule has 0 radical (unpaired) electrons. The number of anilines is 1. The Labute approximate surface area is 170 Å². The van der Waals surface area contributed by atoms with Crippen molar-refractivity contribution in [3.05, 3.63) is 52.7 Å². The molecule has 0 spiro atoms. The van der Waals surface area contributed by atoms with Gasteiger partial charge in [-0.3, -0.25) is 0 Å². The third-order valence-electron chi connectivity index (χ3n) is 5.20. The van der Waals surface area contributed by atoms with Gasteiger partial charge in [-0.1, -0.05) is 0 Å². The van der Waals surface area contributed by atoms with Crippen LogP contribution in [0.3, 0.4) is 0 Å². The number of piperazine rings is 1. The number of nitrogens with one attached hydrogen (secondary N) is 1. The van der Waals surface area contributed by atoms with Crippen molar-refractivity contribution >= 4 is 17.0 Å². The summed E-state index contributed by atoms with van der Waals surface area (Å²) < 4.78 is 23.0. The molecule has 0 aromatic carbocycles. The van der Waals surface area contributed by atoms with E-state index in [2.05, 4.69) is 25.2 Å². The van der Waals surface area contributed by atoms with E-state index in [1.807, 2.05) is 6.07 Å². The SMILES string of the molecule is COc1cc(N2CCNCC2)cn2c(=O)nc(-c3cc(F)c4nc(C)cn4c3)nc12. The van der Waals surface area contributed by atoms with E-state index in [9.17, 15) is 9.18 Å². The summed E-state index contributed by atoms with van der Waals surface area (Å²) in [6.07, 6.45) is 5.08. The van der Waals surface area contributed by atoms with Crippen molar-refractivity contribution in [2.75, 3.05) is 38.2 Å². The van der Waals surface area contributed by atoms with Crippen LogP contribution in [0.2, 0.25) is 0 Å². The highest BCUT2D eigenvalue weighted by molar-refractivity contribution is 5.66. The predicted octanol–water partition coefficient (Wildman–Crippen LogP) is 1.27. The van der Waals surface area contributed by atoms with Gasteiger partial charge in [0, 0.05) is 56.4 Å². The van der Waals surface area contributed by atoms with Gasteiger partial charge in [-0.2, -0.15) is 4.98 Å². The van der Waals surface area contributed by atoms with Gasteiger partial charge in [-0.05, 0) is 13.0 Å². The van der Waals surface area contributed by atoms with Crippen molar-refractivity contribution in [3.63, 3.8) is 0 Å². The number of aromatic nitrogens is 5. The molecule has 0 saturated carbocycles. The maximum Gasteiger partial charge on any atom is 0.355 e. The van der Waals surface area contributed by atoms with Gasteiger partial charge in [0.2, 0.25) is 0 Å². The zero-order valence-corrected chi connectivity index (χ0v) is 16.6. The summed E-state index contributed by atoms with van der Waals surface area (Å²) in [4.78, 5) is 27.8. The van der Waals surface area contributed by atoms with Gasteiger partial charge >= 0.3 is 5.69 Å². The van der Waals surface area contributed by atoms with E-state index in [0.29, 0.717) is 22.7 Å². The molecule has 4 aromatic heterocycles. The van der Waals surface area contributed by atoms with Crippen LogP contribution >= 0.6 is 0 Å². The van der Waals surface area contributed by atoms with E-state index in [4.69, 9.17) is 4.74 Å². The van der Waals surface area contributed by atoms with Gasteiger partial charge in [-0.15, -0.1) is 0 Å². The first-order valence-electron chi connectivity index (χ1n) is 9.63. The molecule has 0 atom stereocenters. The summed E-state index contributed by atoms with van der Waals surface area (Å²) in [6.45, 7) is 5.17. The number of pyridine rings is 2.